The number of hydrogen-bond donors (Lipinski definition) is 1. The van der Waals surface area contributed by atoms with E-state index in [0.717, 1.165) is 0 Å². The Morgan fingerprint density at radius 3 is 2.84 bits per heavy atom. The van der Waals surface area contributed by atoms with E-state index in [1.54, 1.807) is 11.8 Å². The molecule has 0 saturated carbocycles. The standard InChI is InChI=1S/C14H19N3OS/c1-9(2)13(15)14-16-12(17-18-14)8-19-11-6-4-5-10(3)7-11/h4-7,9,13H,8,15H2,1-3H3/t13-/m1/s1. The van der Waals surface area contributed by atoms with E-state index in [1.807, 2.05) is 19.9 Å². The first-order valence-electron chi connectivity index (χ1n) is 6.34. The van der Waals surface area contributed by atoms with Crippen LogP contribution in [0.1, 0.15) is 37.2 Å². The highest BCUT2D eigenvalue weighted by Gasteiger charge is 2.17. The van der Waals surface area contributed by atoms with Gasteiger partial charge in [0.05, 0.1) is 11.8 Å². The molecule has 0 aliphatic carbocycles. The maximum Gasteiger partial charge on any atom is 0.243 e. The smallest absolute Gasteiger partial charge is 0.243 e. The zero-order valence-corrected chi connectivity index (χ0v) is 12.3. The molecule has 2 aromatic rings. The van der Waals surface area contributed by atoms with Gasteiger partial charge in [0.2, 0.25) is 5.89 Å². The summed E-state index contributed by atoms with van der Waals surface area (Å²) in [6, 6.07) is 8.17. The summed E-state index contributed by atoms with van der Waals surface area (Å²) in [6.07, 6.45) is 0. The highest BCUT2D eigenvalue weighted by atomic mass is 32.2. The number of benzene rings is 1. The summed E-state index contributed by atoms with van der Waals surface area (Å²) >= 11 is 1.70. The highest BCUT2D eigenvalue weighted by molar-refractivity contribution is 7.98. The number of hydrogen-bond acceptors (Lipinski definition) is 5. The molecule has 102 valence electrons. The summed E-state index contributed by atoms with van der Waals surface area (Å²) in [7, 11) is 0. The number of aryl methyl sites for hydroxylation is 1. The van der Waals surface area contributed by atoms with Gasteiger partial charge in [0.25, 0.3) is 0 Å². The maximum absolute atomic E-state index is 5.98. The zero-order chi connectivity index (χ0) is 13.8. The van der Waals surface area contributed by atoms with E-state index in [-0.39, 0.29) is 12.0 Å². The zero-order valence-electron chi connectivity index (χ0n) is 11.5. The lowest BCUT2D eigenvalue weighted by Gasteiger charge is -2.09. The van der Waals surface area contributed by atoms with Crippen molar-refractivity contribution in [3.8, 4) is 0 Å². The molecule has 1 atom stereocenters. The molecule has 0 aliphatic rings. The molecule has 1 aromatic heterocycles. The molecule has 5 heteroatoms. The van der Waals surface area contributed by atoms with E-state index in [4.69, 9.17) is 10.3 Å². The Hall–Kier alpha value is -1.33. The van der Waals surface area contributed by atoms with Crippen LogP contribution in [-0.4, -0.2) is 10.1 Å². The van der Waals surface area contributed by atoms with Crippen molar-refractivity contribution in [2.24, 2.45) is 11.7 Å². The number of nitrogens with zero attached hydrogens (tertiary/aromatic N) is 2. The minimum atomic E-state index is -0.190. The minimum absolute atomic E-state index is 0.190. The minimum Gasteiger partial charge on any atom is -0.338 e. The lowest BCUT2D eigenvalue weighted by Crippen LogP contribution is -2.17. The second kappa shape index (κ2) is 6.21. The molecular formula is C14H19N3OS. The number of thioether (sulfide) groups is 1. The second-order valence-electron chi connectivity index (χ2n) is 4.92. The Kier molecular flexibility index (Phi) is 4.61. The third-order valence-electron chi connectivity index (χ3n) is 2.84. The van der Waals surface area contributed by atoms with E-state index in [1.165, 1.54) is 10.5 Å². The number of rotatable bonds is 5. The third-order valence-corrected chi connectivity index (χ3v) is 3.83. The van der Waals surface area contributed by atoms with Gasteiger partial charge in [0.1, 0.15) is 0 Å². The van der Waals surface area contributed by atoms with Crippen LogP contribution in [0.2, 0.25) is 0 Å². The molecule has 2 rings (SSSR count). The molecule has 19 heavy (non-hydrogen) atoms. The summed E-state index contributed by atoms with van der Waals surface area (Å²) in [4.78, 5) is 5.55. The molecule has 0 spiro atoms. The van der Waals surface area contributed by atoms with Gasteiger partial charge in [-0.25, -0.2) is 0 Å². The first-order chi connectivity index (χ1) is 9.06. The van der Waals surface area contributed by atoms with Crippen LogP contribution in [0, 0.1) is 12.8 Å². The van der Waals surface area contributed by atoms with Crippen LogP contribution in [0.15, 0.2) is 33.7 Å². The molecule has 0 unspecified atom stereocenters. The summed E-state index contributed by atoms with van der Waals surface area (Å²) in [6.45, 7) is 6.16. The monoisotopic (exact) mass is 277 g/mol. The third kappa shape index (κ3) is 3.81. The van der Waals surface area contributed by atoms with E-state index in [0.29, 0.717) is 17.5 Å². The molecule has 0 saturated heterocycles. The van der Waals surface area contributed by atoms with E-state index >= 15 is 0 Å². The van der Waals surface area contributed by atoms with Crippen molar-refractivity contribution in [2.45, 2.75) is 37.5 Å². The van der Waals surface area contributed by atoms with Gasteiger partial charge in [-0.3, -0.25) is 0 Å². The summed E-state index contributed by atoms with van der Waals surface area (Å²) in [5.41, 5.74) is 7.23. The van der Waals surface area contributed by atoms with Gasteiger partial charge in [-0.1, -0.05) is 36.7 Å². The first kappa shape index (κ1) is 14.1. The lowest BCUT2D eigenvalue weighted by atomic mass is 10.1. The van der Waals surface area contributed by atoms with Crippen molar-refractivity contribution < 1.29 is 4.52 Å². The van der Waals surface area contributed by atoms with Gasteiger partial charge in [-0.05, 0) is 25.0 Å². The Morgan fingerprint density at radius 1 is 1.37 bits per heavy atom. The van der Waals surface area contributed by atoms with Gasteiger partial charge in [0.15, 0.2) is 5.82 Å². The van der Waals surface area contributed by atoms with Gasteiger partial charge in [0, 0.05) is 4.90 Å². The molecule has 2 N–H and O–H groups in total. The van der Waals surface area contributed by atoms with Crippen LogP contribution >= 0.6 is 11.8 Å². The van der Waals surface area contributed by atoms with E-state index in [9.17, 15) is 0 Å². The topological polar surface area (TPSA) is 64.9 Å². The predicted molar refractivity (Wildman–Crippen MR) is 76.8 cm³/mol. The van der Waals surface area contributed by atoms with Crippen LogP contribution in [-0.2, 0) is 5.75 Å². The van der Waals surface area contributed by atoms with Gasteiger partial charge in [-0.15, -0.1) is 11.8 Å². The Morgan fingerprint density at radius 2 is 2.16 bits per heavy atom. The molecule has 0 fully saturated rings. The van der Waals surface area contributed by atoms with Crippen molar-refractivity contribution in [1.29, 1.82) is 0 Å². The average molecular weight is 277 g/mol. The van der Waals surface area contributed by atoms with E-state index in [2.05, 4.69) is 35.3 Å². The molecule has 0 amide bonds. The van der Waals surface area contributed by atoms with Crippen LogP contribution < -0.4 is 5.73 Å². The van der Waals surface area contributed by atoms with Crippen molar-refractivity contribution in [3.63, 3.8) is 0 Å². The summed E-state index contributed by atoms with van der Waals surface area (Å²) in [5, 5.41) is 3.97. The molecule has 0 bridgehead atoms. The Labute approximate surface area is 117 Å². The predicted octanol–water partition coefficient (Wildman–Crippen LogP) is 3.33. The molecule has 0 radical (unpaired) electrons. The van der Waals surface area contributed by atoms with Crippen LogP contribution in [0.3, 0.4) is 0 Å². The molecule has 1 heterocycles. The SMILES string of the molecule is Cc1cccc(SCc2noc([C@H](N)C(C)C)n2)c1. The second-order valence-corrected chi connectivity index (χ2v) is 5.97. The average Bonchev–Trinajstić information content (AvgIpc) is 2.84. The maximum atomic E-state index is 5.98. The Bertz CT molecular complexity index is 539. The fraction of sp³-hybridized carbons (Fsp3) is 0.429. The van der Waals surface area contributed by atoms with Crippen molar-refractivity contribution in [2.75, 3.05) is 0 Å². The quantitative estimate of drug-likeness (QED) is 0.849. The Balaban J connectivity index is 1.97. The fourth-order valence-electron chi connectivity index (χ4n) is 1.60. The number of nitrogens with two attached hydrogens (primary N) is 1. The summed E-state index contributed by atoms with van der Waals surface area (Å²) in [5.74, 6) is 2.20. The molecule has 4 nitrogen and oxygen atoms in total. The molecule has 1 aromatic carbocycles. The van der Waals surface area contributed by atoms with Gasteiger partial charge < -0.3 is 10.3 Å². The van der Waals surface area contributed by atoms with Crippen LogP contribution in [0.5, 0.6) is 0 Å². The fourth-order valence-corrected chi connectivity index (χ4v) is 2.46. The summed E-state index contributed by atoms with van der Waals surface area (Å²) < 4.78 is 5.20. The normalized spacial score (nSPS) is 12.9. The lowest BCUT2D eigenvalue weighted by molar-refractivity contribution is 0.323. The van der Waals surface area contributed by atoms with Crippen LogP contribution in [0.25, 0.3) is 0 Å². The van der Waals surface area contributed by atoms with Crippen molar-refractivity contribution in [1.82, 2.24) is 10.1 Å². The molecule has 0 aliphatic heterocycles. The number of aromatic nitrogens is 2. The largest absolute Gasteiger partial charge is 0.338 e. The van der Waals surface area contributed by atoms with Crippen molar-refractivity contribution >= 4 is 11.8 Å². The van der Waals surface area contributed by atoms with Gasteiger partial charge in [-0.2, -0.15) is 4.98 Å². The highest BCUT2D eigenvalue weighted by Crippen LogP contribution is 2.23. The molecular weight excluding hydrogens is 258 g/mol. The van der Waals surface area contributed by atoms with Crippen LogP contribution in [0.4, 0.5) is 0 Å². The van der Waals surface area contributed by atoms with E-state index < -0.39 is 0 Å². The van der Waals surface area contributed by atoms with Crippen molar-refractivity contribution in [3.05, 3.63) is 41.5 Å². The first-order valence-corrected chi connectivity index (χ1v) is 7.32. The van der Waals surface area contributed by atoms with Gasteiger partial charge >= 0.3 is 0 Å².